The summed E-state index contributed by atoms with van der Waals surface area (Å²) in [5.74, 6) is 0.813. The van der Waals surface area contributed by atoms with Crippen LogP contribution in [0.25, 0.3) is 0 Å². The first-order valence-electron chi connectivity index (χ1n) is 8.87. The molecule has 0 spiro atoms. The Morgan fingerprint density at radius 2 is 1.82 bits per heavy atom. The molecule has 1 heterocycles. The third-order valence-electron chi connectivity index (χ3n) is 5.64. The maximum absolute atomic E-state index is 12.8. The number of rotatable bonds is 5. The number of guanidine groups is 1. The van der Waals surface area contributed by atoms with E-state index in [0.717, 1.165) is 19.3 Å². The van der Waals surface area contributed by atoms with Gasteiger partial charge in [-0.25, -0.2) is 0 Å². The molecule has 1 saturated heterocycles. The third kappa shape index (κ3) is 3.14. The maximum Gasteiger partial charge on any atom is 0.257 e. The van der Waals surface area contributed by atoms with E-state index in [1.54, 1.807) is 7.05 Å². The molecule has 2 N–H and O–H groups in total. The second kappa shape index (κ2) is 6.57. The average molecular weight is 307 g/mol. The lowest BCUT2D eigenvalue weighted by atomic mass is 9.79. The van der Waals surface area contributed by atoms with Gasteiger partial charge in [-0.2, -0.15) is 0 Å². The molecule has 22 heavy (non-hydrogen) atoms. The summed E-state index contributed by atoms with van der Waals surface area (Å²) >= 11 is 0. The van der Waals surface area contributed by atoms with Gasteiger partial charge in [-0.15, -0.1) is 0 Å². The molecule has 0 aromatic carbocycles. The van der Waals surface area contributed by atoms with Crippen LogP contribution in [0.3, 0.4) is 0 Å². The number of carbonyl (C=O) groups is 1. The van der Waals surface area contributed by atoms with Gasteiger partial charge in [0, 0.05) is 7.05 Å². The minimum Gasteiger partial charge on any atom is -0.375 e. The molecule has 2 saturated carbocycles. The van der Waals surface area contributed by atoms with E-state index in [9.17, 15) is 4.79 Å². The summed E-state index contributed by atoms with van der Waals surface area (Å²) in [7, 11) is 1.69. The highest BCUT2D eigenvalue weighted by Gasteiger charge is 2.49. The Morgan fingerprint density at radius 3 is 2.41 bits per heavy atom. The molecule has 3 rings (SSSR count). The molecule has 0 bridgehead atoms. The smallest absolute Gasteiger partial charge is 0.257 e. The van der Waals surface area contributed by atoms with Crippen LogP contribution in [0.15, 0.2) is 0 Å². The Morgan fingerprint density at radius 1 is 1.18 bits per heavy atom. The molecule has 0 radical (unpaired) electrons. The fraction of sp³-hybridized carbons (Fsp3) is 0.882. The quantitative estimate of drug-likeness (QED) is 0.820. The molecule has 1 atom stereocenters. The topological polar surface area (TPSA) is 65.4 Å². The van der Waals surface area contributed by atoms with Crippen molar-refractivity contribution in [2.45, 2.75) is 75.9 Å². The van der Waals surface area contributed by atoms with Crippen molar-refractivity contribution in [3.8, 4) is 0 Å². The molecular weight excluding hydrogens is 278 g/mol. The Labute approximate surface area is 133 Å². The molecule has 1 unspecified atom stereocenters. The van der Waals surface area contributed by atoms with Gasteiger partial charge in [0.15, 0.2) is 5.96 Å². The van der Waals surface area contributed by atoms with Gasteiger partial charge in [0.1, 0.15) is 5.54 Å². The fourth-order valence-electron chi connectivity index (χ4n) is 4.28. The first kappa shape index (κ1) is 15.8. The summed E-state index contributed by atoms with van der Waals surface area (Å²) in [6, 6.07) is 0. The van der Waals surface area contributed by atoms with E-state index >= 15 is 0 Å². The Balaban J connectivity index is 1.69. The highest BCUT2D eigenvalue weighted by molar-refractivity contribution is 6.07. The maximum atomic E-state index is 12.8. The van der Waals surface area contributed by atoms with Gasteiger partial charge in [-0.3, -0.25) is 15.1 Å². The summed E-state index contributed by atoms with van der Waals surface area (Å²) in [4.78, 5) is 14.2. The first-order valence-corrected chi connectivity index (χ1v) is 8.87. The number of likely N-dealkylation sites (N-methyl/N-ethyl adjacent to an activating group) is 1. The predicted molar refractivity (Wildman–Crippen MR) is 85.8 cm³/mol. The summed E-state index contributed by atoms with van der Waals surface area (Å²) in [6.45, 7) is 0.416. The van der Waals surface area contributed by atoms with Gasteiger partial charge in [-0.1, -0.05) is 44.9 Å². The van der Waals surface area contributed by atoms with Crippen molar-refractivity contribution in [2.75, 3.05) is 13.7 Å². The SMILES string of the molecule is CN1C(=N)NC(COC2CCCC2)(CC2CCCCC2)C1=O. The molecule has 0 aromatic heterocycles. The normalized spacial score (nSPS) is 31.0. The van der Waals surface area contributed by atoms with E-state index in [1.807, 2.05) is 0 Å². The molecule has 3 fully saturated rings. The molecule has 1 aliphatic heterocycles. The summed E-state index contributed by atoms with van der Waals surface area (Å²) < 4.78 is 6.09. The van der Waals surface area contributed by atoms with E-state index < -0.39 is 5.54 Å². The largest absolute Gasteiger partial charge is 0.375 e. The standard InChI is InChI=1S/C17H29N3O2/c1-20-15(21)17(19-16(20)18,11-13-7-3-2-4-8-13)12-22-14-9-5-6-10-14/h13-14H,2-12H2,1H3,(H2,18,19). The van der Waals surface area contributed by atoms with E-state index in [4.69, 9.17) is 10.1 Å². The lowest BCUT2D eigenvalue weighted by Gasteiger charge is -2.33. The van der Waals surface area contributed by atoms with Crippen LogP contribution in [-0.4, -0.2) is 42.1 Å². The van der Waals surface area contributed by atoms with Crippen molar-refractivity contribution in [1.29, 1.82) is 5.41 Å². The van der Waals surface area contributed by atoms with Crippen LogP contribution in [0.5, 0.6) is 0 Å². The van der Waals surface area contributed by atoms with Crippen molar-refractivity contribution in [1.82, 2.24) is 10.2 Å². The number of ether oxygens (including phenoxy) is 1. The minimum absolute atomic E-state index is 0.0149. The molecular formula is C17H29N3O2. The van der Waals surface area contributed by atoms with E-state index in [2.05, 4.69) is 5.32 Å². The van der Waals surface area contributed by atoms with Gasteiger partial charge < -0.3 is 10.1 Å². The van der Waals surface area contributed by atoms with Crippen LogP contribution >= 0.6 is 0 Å². The number of amides is 1. The lowest BCUT2D eigenvalue weighted by Crippen LogP contribution is -2.53. The Kier molecular flexibility index (Phi) is 4.71. The van der Waals surface area contributed by atoms with Crippen molar-refractivity contribution < 1.29 is 9.53 Å². The highest BCUT2D eigenvalue weighted by atomic mass is 16.5. The van der Waals surface area contributed by atoms with Crippen LogP contribution < -0.4 is 5.32 Å². The van der Waals surface area contributed by atoms with Crippen molar-refractivity contribution >= 4 is 11.9 Å². The summed E-state index contributed by atoms with van der Waals surface area (Å²) in [5.41, 5.74) is -0.698. The zero-order valence-electron chi connectivity index (χ0n) is 13.7. The lowest BCUT2D eigenvalue weighted by molar-refractivity contribution is -0.134. The zero-order chi connectivity index (χ0) is 15.6. The second-order valence-electron chi connectivity index (χ2n) is 7.35. The minimum atomic E-state index is -0.698. The molecule has 2 aliphatic carbocycles. The van der Waals surface area contributed by atoms with Gasteiger partial charge in [0.25, 0.3) is 5.91 Å². The van der Waals surface area contributed by atoms with Gasteiger partial charge in [-0.05, 0) is 25.2 Å². The van der Waals surface area contributed by atoms with Gasteiger partial charge in [0.2, 0.25) is 0 Å². The molecule has 0 aromatic rings. The van der Waals surface area contributed by atoms with E-state index in [0.29, 0.717) is 18.6 Å². The molecule has 5 heteroatoms. The average Bonchev–Trinajstić information content (AvgIpc) is 3.11. The Hall–Kier alpha value is -1.10. The molecule has 124 valence electrons. The van der Waals surface area contributed by atoms with Crippen molar-refractivity contribution in [2.24, 2.45) is 5.92 Å². The number of carbonyl (C=O) groups excluding carboxylic acids is 1. The van der Waals surface area contributed by atoms with Gasteiger partial charge in [0.05, 0.1) is 12.7 Å². The molecule has 5 nitrogen and oxygen atoms in total. The van der Waals surface area contributed by atoms with Crippen LogP contribution in [0, 0.1) is 11.3 Å². The number of nitrogens with zero attached hydrogens (tertiary/aromatic N) is 1. The van der Waals surface area contributed by atoms with Crippen LogP contribution in [0.2, 0.25) is 0 Å². The van der Waals surface area contributed by atoms with Crippen LogP contribution in [0.4, 0.5) is 0 Å². The second-order valence-corrected chi connectivity index (χ2v) is 7.35. The van der Waals surface area contributed by atoms with Gasteiger partial charge >= 0.3 is 0 Å². The molecule has 3 aliphatic rings. The Bertz CT molecular complexity index is 428. The van der Waals surface area contributed by atoms with Crippen LogP contribution in [0.1, 0.15) is 64.2 Å². The summed E-state index contributed by atoms with van der Waals surface area (Å²) in [6.07, 6.45) is 12.1. The van der Waals surface area contributed by atoms with E-state index in [1.165, 1.54) is 49.8 Å². The fourth-order valence-corrected chi connectivity index (χ4v) is 4.28. The monoisotopic (exact) mass is 307 g/mol. The predicted octanol–water partition coefficient (Wildman–Crippen LogP) is 2.65. The molecule has 1 amide bonds. The van der Waals surface area contributed by atoms with Crippen molar-refractivity contribution in [3.63, 3.8) is 0 Å². The highest BCUT2D eigenvalue weighted by Crippen LogP contribution is 2.34. The zero-order valence-corrected chi connectivity index (χ0v) is 13.7. The number of hydrogen-bond donors (Lipinski definition) is 2. The number of hydrogen-bond acceptors (Lipinski definition) is 3. The summed E-state index contributed by atoms with van der Waals surface area (Å²) in [5, 5.41) is 11.2. The first-order chi connectivity index (χ1) is 10.6. The van der Waals surface area contributed by atoms with Crippen molar-refractivity contribution in [3.05, 3.63) is 0 Å². The van der Waals surface area contributed by atoms with E-state index in [-0.39, 0.29) is 11.9 Å². The third-order valence-corrected chi connectivity index (χ3v) is 5.64. The number of nitrogens with one attached hydrogen (secondary N) is 2. The van der Waals surface area contributed by atoms with Crippen LogP contribution in [-0.2, 0) is 9.53 Å².